The first-order valence-corrected chi connectivity index (χ1v) is 4.46. The average Bonchev–Trinajstić information content (AvgIpc) is 2.12. The maximum atomic E-state index is 11.5. The zero-order valence-electron chi connectivity index (χ0n) is 6.70. The van der Waals surface area contributed by atoms with E-state index in [1.54, 1.807) is 18.3 Å². The van der Waals surface area contributed by atoms with Gasteiger partial charge < -0.3 is 0 Å². The Morgan fingerprint density at radius 1 is 1.54 bits per heavy atom. The summed E-state index contributed by atoms with van der Waals surface area (Å²) in [7, 11) is 0. The van der Waals surface area contributed by atoms with Crippen LogP contribution < -0.4 is 5.56 Å². The van der Waals surface area contributed by atoms with E-state index in [2.05, 4.69) is 27.8 Å². The molecule has 65 valence electrons. The molecule has 0 aliphatic heterocycles. The van der Waals surface area contributed by atoms with E-state index in [4.69, 9.17) is 0 Å². The first kappa shape index (κ1) is 8.44. The number of aromatic nitrogens is 2. The first-order chi connectivity index (χ1) is 6.18. The molecule has 0 spiro atoms. The minimum atomic E-state index is -0.106. The number of nitrogens with zero attached hydrogens (tertiary/aromatic N) is 2. The molecule has 0 aliphatic carbocycles. The fourth-order valence-corrected chi connectivity index (χ4v) is 1.39. The van der Waals surface area contributed by atoms with Gasteiger partial charge in [-0.15, -0.1) is 0 Å². The van der Waals surface area contributed by atoms with E-state index >= 15 is 0 Å². The number of rotatable bonds is 0. The van der Waals surface area contributed by atoms with Crippen LogP contribution >= 0.6 is 15.9 Å². The van der Waals surface area contributed by atoms with E-state index in [-0.39, 0.29) is 5.56 Å². The van der Waals surface area contributed by atoms with Gasteiger partial charge in [0.2, 0.25) is 0 Å². The molecule has 0 unspecified atom stereocenters. The summed E-state index contributed by atoms with van der Waals surface area (Å²) < 4.78 is 1.93. The topological polar surface area (TPSA) is 34.4 Å². The van der Waals surface area contributed by atoms with Gasteiger partial charge in [0.1, 0.15) is 10.1 Å². The monoisotopic (exact) mass is 237 g/mol. The third kappa shape index (κ3) is 1.37. The molecule has 2 heterocycles. The van der Waals surface area contributed by atoms with Gasteiger partial charge in [-0.3, -0.25) is 9.20 Å². The zero-order chi connectivity index (χ0) is 9.42. The molecule has 0 bridgehead atoms. The summed E-state index contributed by atoms with van der Waals surface area (Å²) in [5.74, 6) is 0. The summed E-state index contributed by atoms with van der Waals surface area (Å²) >= 11 is 3.12. The maximum absolute atomic E-state index is 11.5. The van der Waals surface area contributed by atoms with Crippen molar-refractivity contribution in [1.82, 2.24) is 9.38 Å². The van der Waals surface area contributed by atoms with Gasteiger partial charge in [0.05, 0.1) is 0 Å². The van der Waals surface area contributed by atoms with Crippen molar-refractivity contribution in [2.75, 3.05) is 0 Å². The zero-order valence-corrected chi connectivity index (χ0v) is 8.28. The molecule has 2 rings (SSSR count). The van der Waals surface area contributed by atoms with Crippen LogP contribution in [-0.4, -0.2) is 9.38 Å². The lowest BCUT2D eigenvalue weighted by Gasteiger charge is -2.00. The van der Waals surface area contributed by atoms with E-state index in [0.29, 0.717) is 10.1 Å². The SMILES string of the molecule is [CH2]c1ccn2c(=O)c(Br)cnc2c1. The highest BCUT2D eigenvalue weighted by Crippen LogP contribution is 2.05. The van der Waals surface area contributed by atoms with Crippen molar-refractivity contribution in [3.05, 3.63) is 51.8 Å². The maximum Gasteiger partial charge on any atom is 0.272 e. The molecule has 0 amide bonds. The quantitative estimate of drug-likeness (QED) is 0.699. The normalized spacial score (nSPS) is 10.6. The largest absolute Gasteiger partial charge is 0.272 e. The molecule has 0 saturated carbocycles. The Bertz CT molecular complexity index is 518. The average molecular weight is 238 g/mol. The second-order valence-electron chi connectivity index (χ2n) is 2.67. The second-order valence-corrected chi connectivity index (χ2v) is 3.53. The Labute approximate surface area is 83.2 Å². The summed E-state index contributed by atoms with van der Waals surface area (Å²) in [6.07, 6.45) is 3.16. The van der Waals surface area contributed by atoms with Crippen LogP contribution in [0.15, 0.2) is 33.8 Å². The van der Waals surface area contributed by atoms with Crippen molar-refractivity contribution >= 4 is 21.6 Å². The minimum Gasteiger partial charge on any atom is -0.268 e. The minimum absolute atomic E-state index is 0.106. The molecule has 0 aromatic carbocycles. The van der Waals surface area contributed by atoms with Crippen LogP contribution in [0.4, 0.5) is 0 Å². The highest BCUT2D eigenvalue weighted by Gasteiger charge is 2.00. The molecular weight excluding hydrogens is 232 g/mol. The molecule has 0 aliphatic rings. The van der Waals surface area contributed by atoms with E-state index < -0.39 is 0 Å². The van der Waals surface area contributed by atoms with Gasteiger partial charge in [-0.1, -0.05) is 0 Å². The van der Waals surface area contributed by atoms with Gasteiger partial charge in [-0.25, -0.2) is 4.98 Å². The Morgan fingerprint density at radius 2 is 2.31 bits per heavy atom. The molecule has 13 heavy (non-hydrogen) atoms. The molecule has 0 saturated heterocycles. The lowest BCUT2D eigenvalue weighted by molar-refractivity contribution is 1.03. The van der Waals surface area contributed by atoms with Crippen molar-refractivity contribution < 1.29 is 0 Å². The summed E-state index contributed by atoms with van der Waals surface area (Å²) in [5.41, 5.74) is 1.35. The fraction of sp³-hybridized carbons (Fsp3) is 0. The number of fused-ring (bicyclic) bond motifs is 1. The first-order valence-electron chi connectivity index (χ1n) is 3.67. The smallest absolute Gasteiger partial charge is 0.268 e. The summed E-state index contributed by atoms with van der Waals surface area (Å²) in [6.45, 7) is 3.76. The molecule has 1 radical (unpaired) electrons. The molecular formula is C9H6BrN2O. The van der Waals surface area contributed by atoms with Crippen molar-refractivity contribution in [3.8, 4) is 0 Å². The number of pyridine rings is 1. The van der Waals surface area contributed by atoms with Crippen LogP contribution in [0.1, 0.15) is 5.56 Å². The van der Waals surface area contributed by atoms with Crippen LogP contribution in [-0.2, 0) is 0 Å². The van der Waals surface area contributed by atoms with Gasteiger partial charge in [-0.05, 0) is 40.5 Å². The molecule has 4 heteroatoms. The van der Waals surface area contributed by atoms with E-state index in [9.17, 15) is 4.79 Å². The van der Waals surface area contributed by atoms with Crippen molar-refractivity contribution in [1.29, 1.82) is 0 Å². The number of hydrogen-bond acceptors (Lipinski definition) is 2. The Balaban J connectivity index is 2.95. The van der Waals surface area contributed by atoms with Crippen LogP contribution in [0.25, 0.3) is 5.65 Å². The molecule has 2 aromatic rings. The third-order valence-corrected chi connectivity index (χ3v) is 2.28. The summed E-state index contributed by atoms with van der Waals surface area (Å²) in [5, 5.41) is 0. The Morgan fingerprint density at radius 3 is 3.08 bits per heavy atom. The number of hydrogen-bond donors (Lipinski definition) is 0. The predicted octanol–water partition coefficient (Wildman–Crippen LogP) is 1.64. The van der Waals surface area contributed by atoms with Crippen LogP contribution in [0, 0.1) is 6.92 Å². The highest BCUT2D eigenvalue weighted by molar-refractivity contribution is 9.10. The molecule has 0 atom stereocenters. The standard InChI is InChI=1S/C9H6BrN2O/c1-6-2-3-12-8(4-6)11-5-7(10)9(12)13/h2-5H,1H2. The number of halogens is 1. The lowest BCUT2D eigenvalue weighted by atomic mass is 10.3. The summed E-state index contributed by atoms with van der Waals surface area (Å²) in [4.78, 5) is 15.6. The van der Waals surface area contributed by atoms with Crippen LogP contribution in [0.2, 0.25) is 0 Å². The van der Waals surface area contributed by atoms with Gasteiger partial charge in [0.25, 0.3) is 5.56 Å². The fourth-order valence-electron chi connectivity index (χ4n) is 1.09. The van der Waals surface area contributed by atoms with E-state index in [1.807, 2.05) is 0 Å². The van der Waals surface area contributed by atoms with Crippen LogP contribution in [0.3, 0.4) is 0 Å². The lowest BCUT2D eigenvalue weighted by Crippen LogP contribution is -2.14. The van der Waals surface area contributed by atoms with Gasteiger partial charge in [0.15, 0.2) is 0 Å². The van der Waals surface area contributed by atoms with Gasteiger partial charge in [-0.2, -0.15) is 0 Å². The Kier molecular flexibility index (Phi) is 1.92. The molecule has 0 N–H and O–H groups in total. The molecule has 3 nitrogen and oxygen atoms in total. The highest BCUT2D eigenvalue weighted by atomic mass is 79.9. The Hall–Kier alpha value is -1.16. The van der Waals surface area contributed by atoms with Crippen LogP contribution in [0.5, 0.6) is 0 Å². The van der Waals surface area contributed by atoms with Gasteiger partial charge in [0, 0.05) is 12.4 Å². The van der Waals surface area contributed by atoms with E-state index in [1.165, 1.54) is 10.6 Å². The van der Waals surface area contributed by atoms with Crippen molar-refractivity contribution in [3.63, 3.8) is 0 Å². The van der Waals surface area contributed by atoms with E-state index in [0.717, 1.165) is 5.56 Å². The third-order valence-electron chi connectivity index (χ3n) is 1.73. The predicted molar refractivity (Wildman–Crippen MR) is 53.6 cm³/mol. The van der Waals surface area contributed by atoms with Crippen molar-refractivity contribution in [2.24, 2.45) is 0 Å². The summed E-state index contributed by atoms with van der Waals surface area (Å²) in [6, 6.07) is 3.52. The van der Waals surface area contributed by atoms with Crippen molar-refractivity contribution in [2.45, 2.75) is 0 Å². The molecule has 2 aromatic heterocycles. The van der Waals surface area contributed by atoms with Gasteiger partial charge >= 0.3 is 0 Å². The second kappa shape index (κ2) is 2.96. The molecule has 0 fully saturated rings.